The van der Waals surface area contributed by atoms with E-state index in [2.05, 4.69) is 68.4 Å². The summed E-state index contributed by atoms with van der Waals surface area (Å²) >= 11 is 1.81. The number of rotatable bonds is 6. The highest BCUT2D eigenvalue weighted by Gasteiger charge is 2.15. The van der Waals surface area contributed by atoms with Crippen molar-refractivity contribution in [2.75, 3.05) is 13.6 Å². The second-order valence-electron chi connectivity index (χ2n) is 6.41. The van der Waals surface area contributed by atoms with Crippen LogP contribution < -0.4 is 5.32 Å². The van der Waals surface area contributed by atoms with Gasteiger partial charge in [0.15, 0.2) is 5.96 Å². The molecule has 140 valence electrons. The van der Waals surface area contributed by atoms with Crippen LogP contribution in [0.5, 0.6) is 0 Å². The van der Waals surface area contributed by atoms with Gasteiger partial charge in [0.2, 0.25) is 0 Å². The molecule has 0 spiro atoms. The molecule has 2 aromatic rings. The average molecular weight is 475 g/mol. The molecule has 0 saturated heterocycles. The van der Waals surface area contributed by atoms with Crippen LogP contribution in [0, 0.1) is 6.92 Å². The van der Waals surface area contributed by atoms with E-state index >= 15 is 0 Å². The number of hydrogen-bond acceptors (Lipinski definition) is 3. The highest BCUT2D eigenvalue weighted by atomic mass is 127. The van der Waals surface area contributed by atoms with Gasteiger partial charge >= 0.3 is 0 Å². The van der Waals surface area contributed by atoms with Gasteiger partial charge in [0.05, 0.1) is 12.2 Å². The zero-order chi connectivity index (χ0) is 17.7. The minimum atomic E-state index is 0. The Kier molecular flexibility index (Phi) is 8.92. The van der Waals surface area contributed by atoms with E-state index in [1.165, 1.54) is 15.3 Å². The van der Waals surface area contributed by atoms with Gasteiger partial charge < -0.3 is 10.2 Å². The Morgan fingerprint density at radius 1 is 1.40 bits per heavy atom. The predicted molar refractivity (Wildman–Crippen MR) is 118 cm³/mol. The zero-order valence-corrected chi connectivity index (χ0v) is 19.2. The van der Waals surface area contributed by atoms with Gasteiger partial charge in [-0.3, -0.25) is 4.68 Å². The maximum Gasteiger partial charge on any atom is 0.194 e. The lowest BCUT2D eigenvalue weighted by molar-refractivity contribution is 0.473. The molecule has 5 nitrogen and oxygen atoms in total. The molecule has 2 aromatic heterocycles. The van der Waals surface area contributed by atoms with E-state index in [1.54, 1.807) is 11.3 Å². The van der Waals surface area contributed by atoms with Crippen molar-refractivity contribution in [2.45, 2.75) is 46.7 Å². The van der Waals surface area contributed by atoms with Crippen LogP contribution in [0.1, 0.15) is 47.7 Å². The van der Waals surface area contributed by atoms with Gasteiger partial charge in [-0.2, -0.15) is 5.10 Å². The third-order valence-corrected chi connectivity index (χ3v) is 4.75. The minimum absolute atomic E-state index is 0. The number of guanidine groups is 1. The van der Waals surface area contributed by atoms with Crippen LogP contribution in [0.3, 0.4) is 0 Å². The largest absolute Gasteiger partial charge is 0.357 e. The van der Waals surface area contributed by atoms with Gasteiger partial charge in [0.25, 0.3) is 0 Å². The number of halogens is 1. The highest BCUT2D eigenvalue weighted by Crippen LogP contribution is 2.19. The third kappa shape index (κ3) is 6.29. The highest BCUT2D eigenvalue weighted by molar-refractivity contribution is 14.0. The van der Waals surface area contributed by atoms with Crippen molar-refractivity contribution in [3.8, 4) is 0 Å². The molecule has 0 aliphatic heterocycles. The van der Waals surface area contributed by atoms with E-state index in [0.717, 1.165) is 31.3 Å². The van der Waals surface area contributed by atoms with Gasteiger partial charge in [0.1, 0.15) is 0 Å². The van der Waals surface area contributed by atoms with Crippen molar-refractivity contribution in [1.82, 2.24) is 20.0 Å². The van der Waals surface area contributed by atoms with Crippen molar-refractivity contribution < 1.29 is 0 Å². The quantitative estimate of drug-likeness (QED) is 0.388. The molecule has 0 fully saturated rings. The Morgan fingerprint density at radius 2 is 2.12 bits per heavy atom. The Hall–Kier alpha value is -1.09. The van der Waals surface area contributed by atoms with Gasteiger partial charge in [-0.1, -0.05) is 13.8 Å². The van der Waals surface area contributed by atoms with E-state index in [0.29, 0.717) is 5.92 Å². The van der Waals surface area contributed by atoms with E-state index in [9.17, 15) is 0 Å². The van der Waals surface area contributed by atoms with Crippen LogP contribution in [0.15, 0.2) is 23.3 Å². The predicted octanol–water partition coefficient (Wildman–Crippen LogP) is 4.13. The molecule has 25 heavy (non-hydrogen) atoms. The number of hydrogen-bond donors (Lipinski definition) is 1. The lowest BCUT2D eigenvalue weighted by atomic mass is 10.1. The first-order valence-electron chi connectivity index (χ1n) is 8.47. The molecule has 2 heterocycles. The van der Waals surface area contributed by atoms with Crippen molar-refractivity contribution >= 4 is 41.3 Å². The van der Waals surface area contributed by atoms with Crippen molar-refractivity contribution in [3.05, 3.63) is 39.3 Å². The molecule has 0 bridgehead atoms. The molecule has 0 aliphatic carbocycles. The Morgan fingerprint density at radius 3 is 2.68 bits per heavy atom. The normalized spacial score (nSPS) is 11.6. The molecule has 7 heteroatoms. The van der Waals surface area contributed by atoms with Gasteiger partial charge in [-0.05, 0) is 31.9 Å². The van der Waals surface area contributed by atoms with Crippen LogP contribution in [0.4, 0.5) is 0 Å². The molecule has 0 atom stereocenters. The SMILES string of the molecule is CCNC(=NCc1ccc(C)s1)N(C)Cc1cn(C)nc1C(C)C.I. The molecule has 0 unspecified atom stereocenters. The summed E-state index contributed by atoms with van der Waals surface area (Å²) < 4.78 is 1.90. The van der Waals surface area contributed by atoms with Crippen LogP contribution in [-0.4, -0.2) is 34.2 Å². The molecule has 2 rings (SSSR count). The summed E-state index contributed by atoms with van der Waals surface area (Å²) in [6.45, 7) is 11.0. The second-order valence-corrected chi connectivity index (χ2v) is 7.78. The number of aliphatic imine (C=N–C) groups is 1. The molecule has 0 radical (unpaired) electrons. The standard InChI is InChI=1S/C18H29N5S.HI/c1-7-19-18(20-10-16-9-8-14(4)24-16)22(5)11-15-12-23(6)21-17(15)13(2)3;/h8-9,12-13H,7,10-11H2,1-6H3,(H,19,20);1H. The summed E-state index contributed by atoms with van der Waals surface area (Å²) in [7, 11) is 4.06. The van der Waals surface area contributed by atoms with Crippen LogP contribution in [0.25, 0.3) is 0 Å². The van der Waals surface area contributed by atoms with Crippen molar-refractivity contribution in [1.29, 1.82) is 0 Å². The number of nitrogens with zero attached hydrogens (tertiary/aromatic N) is 4. The van der Waals surface area contributed by atoms with Gasteiger partial charge in [-0.25, -0.2) is 4.99 Å². The Labute approximate surface area is 172 Å². The number of aromatic nitrogens is 2. The molecular formula is C18H30IN5S. The molecule has 0 aliphatic rings. The lowest BCUT2D eigenvalue weighted by Gasteiger charge is -2.22. The first kappa shape index (κ1) is 22.0. The summed E-state index contributed by atoms with van der Waals surface area (Å²) in [5.41, 5.74) is 2.42. The second kappa shape index (κ2) is 10.2. The fraction of sp³-hybridized carbons (Fsp3) is 0.556. The topological polar surface area (TPSA) is 45.5 Å². The molecule has 0 amide bonds. The van der Waals surface area contributed by atoms with Gasteiger partial charge in [0, 0.05) is 48.7 Å². The summed E-state index contributed by atoms with van der Waals surface area (Å²) in [5, 5.41) is 7.98. The van der Waals surface area contributed by atoms with Crippen LogP contribution in [0.2, 0.25) is 0 Å². The minimum Gasteiger partial charge on any atom is -0.357 e. The average Bonchev–Trinajstić information content (AvgIpc) is 3.09. The fourth-order valence-corrected chi connectivity index (χ4v) is 3.50. The van der Waals surface area contributed by atoms with E-state index in [1.807, 2.05) is 11.7 Å². The number of aryl methyl sites for hydroxylation is 2. The van der Waals surface area contributed by atoms with E-state index < -0.39 is 0 Å². The first-order valence-corrected chi connectivity index (χ1v) is 9.29. The molecule has 1 N–H and O–H groups in total. The van der Waals surface area contributed by atoms with Crippen LogP contribution >= 0.6 is 35.3 Å². The lowest BCUT2D eigenvalue weighted by Crippen LogP contribution is -2.38. The fourth-order valence-electron chi connectivity index (χ4n) is 2.69. The first-order chi connectivity index (χ1) is 11.4. The number of thiophene rings is 1. The maximum absolute atomic E-state index is 4.79. The van der Waals surface area contributed by atoms with Crippen molar-refractivity contribution in [3.63, 3.8) is 0 Å². The monoisotopic (exact) mass is 475 g/mol. The maximum atomic E-state index is 4.79. The van der Waals surface area contributed by atoms with Gasteiger partial charge in [-0.15, -0.1) is 35.3 Å². The van der Waals surface area contributed by atoms with Crippen molar-refractivity contribution in [2.24, 2.45) is 12.0 Å². The molecule has 0 aromatic carbocycles. The van der Waals surface area contributed by atoms with Crippen LogP contribution in [-0.2, 0) is 20.1 Å². The third-order valence-electron chi connectivity index (χ3n) is 3.77. The smallest absolute Gasteiger partial charge is 0.194 e. The summed E-state index contributed by atoms with van der Waals surface area (Å²) in [6.07, 6.45) is 2.11. The Balaban J connectivity index is 0.00000312. The summed E-state index contributed by atoms with van der Waals surface area (Å²) in [5.74, 6) is 1.35. The summed E-state index contributed by atoms with van der Waals surface area (Å²) in [4.78, 5) is 9.58. The molecule has 0 saturated carbocycles. The Bertz CT molecular complexity index is 689. The van der Waals surface area contributed by atoms with E-state index in [4.69, 9.17) is 4.99 Å². The summed E-state index contributed by atoms with van der Waals surface area (Å²) in [6, 6.07) is 4.31. The molecular weight excluding hydrogens is 445 g/mol. The number of nitrogens with one attached hydrogen (secondary N) is 1. The van der Waals surface area contributed by atoms with E-state index in [-0.39, 0.29) is 24.0 Å². The zero-order valence-electron chi connectivity index (χ0n) is 16.0.